The highest BCUT2D eigenvalue weighted by Gasteiger charge is 2.44. The summed E-state index contributed by atoms with van der Waals surface area (Å²) in [5, 5.41) is 5.83. The van der Waals surface area contributed by atoms with Crippen molar-refractivity contribution in [3.05, 3.63) is 72.1 Å². The maximum Gasteiger partial charge on any atom is 0.490 e. The highest BCUT2D eigenvalue weighted by molar-refractivity contribution is 7.89. The summed E-state index contributed by atoms with van der Waals surface area (Å²) in [7, 11) is -3.90. The fraction of sp³-hybridized carbons (Fsp3) is 0.200. The van der Waals surface area contributed by atoms with E-state index in [0.717, 1.165) is 16.4 Å². The van der Waals surface area contributed by atoms with Gasteiger partial charge in [-0.1, -0.05) is 12.1 Å². The SMILES string of the molecule is CS(=O)(=O)n1c2c(c3cc(Nc4ncc(F)c(-n5cnc6ccccc65)n4)ccc31)C(OC(=O)C(F)(F)F)NCC2. The molecule has 0 bridgehead atoms. The standard InChI is InChI=1S/C25H19F4N7O4S/c1-41(38,39)36-17-7-6-13(10-14(17)20-19(36)8-9-30-22(20)40-23(37)25(27,28)29)33-24-31-11-15(26)21(34-24)35-12-32-16-4-2-3-5-18(16)35/h2-7,10-12,22,30H,8-9H2,1H3,(H,31,33,34). The van der Waals surface area contributed by atoms with Crippen molar-refractivity contribution in [2.24, 2.45) is 0 Å². The van der Waals surface area contributed by atoms with E-state index in [2.05, 4.69) is 25.6 Å². The Morgan fingerprint density at radius 3 is 2.68 bits per heavy atom. The summed E-state index contributed by atoms with van der Waals surface area (Å²) in [5.41, 5.74) is 1.98. The number of anilines is 2. The van der Waals surface area contributed by atoms with E-state index < -0.39 is 34.2 Å². The third-order valence-electron chi connectivity index (χ3n) is 6.47. The average molecular weight is 590 g/mol. The largest absolute Gasteiger partial charge is 0.490 e. The molecular weight excluding hydrogens is 570 g/mol. The Bertz CT molecular complexity index is 1950. The topological polar surface area (TPSA) is 133 Å². The first-order valence-corrected chi connectivity index (χ1v) is 13.9. The second kappa shape index (κ2) is 9.52. The van der Waals surface area contributed by atoms with Crippen molar-refractivity contribution in [2.75, 3.05) is 18.1 Å². The monoisotopic (exact) mass is 589 g/mol. The van der Waals surface area contributed by atoms with Gasteiger partial charge in [-0.15, -0.1) is 0 Å². The van der Waals surface area contributed by atoms with Gasteiger partial charge in [0, 0.05) is 35.3 Å². The van der Waals surface area contributed by atoms with E-state index in [4.69, 9.17) is 4.74 Å². The van der Waals surface area contributed by atoms with Crippen LogP contribution in [-0.4, -0.2) is 56.9 Å². The maximum absolute atomic E-state index is 14.8. The lowest BCUT2D eigenvalue weighted by atomic mass is 10.0. The molecule has 2 N–H and O–H groups in total. The van der Waals surface area contributed by atoms with Crippen LogP contribution in [0.15, 0.2) is 55.0 Å². The molecule has 41 heavy (non-hydrogen) atoms. The van der Waals surface area contributed by atoms with Gasteiger partial charge in [0.2, 0.25) is 16.0 Å². The average Bonchev–Trinajstić information content (AvgIpc) is 3.49. The Morgan fingerprint density at radius 2 is 1.93 bits per heavy atom. The number of nitrogens with zero attached hydrogens (tertiary/aromatic N) is 5. The first-order valence-electron chi connectivity index (χ1n) is 12.0. The van der Waals surface area contributed by atoms with Gasteiger partial charge in [-0.3, -0.25) is 9.88 Å². The van der Waals surface area contributed by atoms with Gasteiger partial charge in [0.1, 0.15) is 6.33 Å². The van der Waals surface area contributed by atoms with E-state index in [0.29, 0.717) is 16.7 Å². The van der Waals surface area contributed by atoms with Gasteiger partial charge in [-0.25, -0.2) is 31.5 Å². The van der Waals surface area contributed by atoms with Crippen LogP contribution >= 0.6 is 0 Å². The zero-order chi connectivity index (χ0) is 29.1. The van der Waals surface area contributed by atoms with Crippen molar-refractivity contribution in [3.8, 4) is 5.82 Å². The molecule has 0 spiro atoms. The van der Waals surface area contributed by atoms with Crippen LogP contribution in [0.25, 0.3) is 27.8 Å². The molecule has 4 heterocycles. The van der Waals surface area contributed by atoms with Crippen molar-refractivity contribution in [1.29, 1.82) is 0 Å². The van der Waals surface area contributed by atoms with Gasteiger partial charge in [0.15, 0.2) is 17.9 Å². The maximum atomic E-state index is 14.8. The van der Waals surface area contributed by atoms with Crippen LogP contribution in [0.3, 0.4) is 0 Å². The van der Waals surface area contributed by atoms with Crippen LogP contribution in [0, 0.1) is 5.82 Å². The number of carbonyl (C=O) groups is 1. The van der Waals surface area contributed by atoms with E-state index in [-0.39, 0.29) is 46.9 Å². The predicted octanol–water partition coefficient (Wildman–Crippen LogP) is 3.71. The third kappa shape index (κ3) is 4.74. The number of aromatic nitrogens is 5. The van der Waals surface area contributed by atoms with Crippen molar-refractivity contribution in [2.45, 2.75) is 18.8 Å². The van der Waals surface area contributed by atoms with Crippen LogP contribution in [-0.2, 0) is 26.0 Å². The summed E-state index contributed by atoms with van der Waals surface area (Å²) in [5.74, 6) is -3.24. The molecule has 2 aromatic carbocycles. The molecule has 1 aliphatic heterocycles. The van der Waals surface area contributed by atoms with Crippen molar-refractivity contribution in [1.82, 2.24) is 28.8 Å². The molecule has 0 amide bonds. The van der Waals surface area contributed by atoms with E-state index in [1.165, 1.54) is 29.1 Å². The molecule has 16 heteroatoms. The first-order chi connectivity index (χ1) is 19.4. The Hall–Kier alpha value is -4.57. The van der Waals surface area contributed by atoms with Gasteiger partial charge in [-0.2, -0.15) is 18.2 Å². The molecule has 6 rings (SSSR count). The molecule has 212 valence electrons. The Balaban J connectivity index is 1.43. The number of halogens is 4. The number of nitrogens with one attached hydrogen (secondary N) is 2. The minimum Gasteiger partial charge on any atom is -0.435 e. The molecule has 0 aliphatic carbocycles. The minimum atomic E-state index is -5.25. The molecule has 11 nitrogen and oxygen atoms in total. The second-order valence-electron chi connectivity index (χ2n) is 9.20. The summed E-state index contributed by atoms with van der Waals surface area (Å²) in [6, 6.07) is 11.5. The molecule has 0 saturated carbocycles. The molecule has 0 radical (unpaired) electrons. The Kier molecular flexibility index (Phi) is 6.18. The molecule has 1 aliphatic rings. The number of carbonyl (C=O) groups excluding carboxylic acids is 1. The molecule has 1 atom stereocenters. The highest BCUT2D eigenvalue weighted by Crippen LogP contribution is 2.38. The Morgan fingerprint density at radius 1 is 1.15 bits per heavy atom. The molecule has 1 unspecified atom stereocenters. The highest BCUT2D eigenvalue weighted by atomic mass is 32.2. The number of benzene rings is 2. The van der Waals surface area contributed by atoms with Gasteiger partial charge in [-0.05, 0) is 30.3 Å². The lowest BCUT2D eigenvalue weighted by Gasteiger charge is -2.25. The predicted molar refractivity (Wildman–Crippen MR) is 139 cm³/mol. The van der Waals surface area contributed by atoms with Crippen LogP contribution in [0.1, 0.15) is 17.5 Å². The number of rotatable bonds is 5. The summed E-state index contributed by atoms with van der Waals surface area (Å²) >= 11 is 0. The summed E-state index contributed by atoms with van der Waals surface area (Å²) in [6.45, 7) is 0.0644. The minimum absolute atomic E-state index is 0.0203. The van der Waals surface area contributed by atoms with Crippen molar-refractivity contribution >= 4 is 49.6 Å². The van der Waals surface area contributed by atoms with E-state index >= 15 is 0 Å². The Labute approximate surface area is 228 Å². The van der Waals surface area contributed by atoms with Gasteiger partial charge in [0.05, 0.1) is 29.0 Å². The number of fused-ring (bicyclic) bond motifs is 4. The lowest BCUT2D eigenvalue weighted by molar-refractivity contribution is -0.207. The van der Waals surface area contributed by atoms with Gasteiger partial charge >= 0.3 is 12.1 Å². The second-order valence-corrected chi connectivity index (χ2v) is 11.0. The number of ether oxygens (including phenoxy) is 1. The number of alkyl halides is 3. The van der Waals surface area contributed by atoms with E-state index in [1.807, 2.05) is 0 Å². The number of hydrogen-bond acceptors (Lipinski definition) is 9. The van der Waals surface area contributed by atoms with Crippen LogP contribution in [0.5, 0.6) is 0 Å². The zero-order valence-corrected chi connectivity index (χ0v) is 21.8. The van der Waals surface area contributed by atoms with Crippen LogP contribution < -0.4 is 10.6 Å². The fourth-order valence-corrected chi connectivity index (χ4v) is 5.97. The number of esters is 1. The smallest absolute Gasteiger partial charge is 0.435 e. The van der Waals surface area contributed by atoms with Crippen molar-refractivity contribution in [3.63, 3.8) is 0 Å². The van der Waals surface area contributed by atoms with Crippen molar-refractivity contribution < 1.29 is 35.5 Å². The van der Waals surface area contributed by atoms with Gasteiger partial charge in [0.25, 0.3) is 0 Å². The quantitative estimate of drug-likeness (QED) is 0.233. The lowest BCUT2D eigenvalue weighted by Crippen LogP contribution is -2.37. The molecular formula is C25H19F4N7O4S. The number of para-hydroxylation sites is 2. The molecule has 0 saturated heterocycles. The summed E-state index contributed by atoms with van der Waals surface area (Å²) in [6.07, 6.45) is -3.32. The summed E-state index contributed by atoms with van der Waals surface area (Å²) in [4.78, 5) is 24.1. The third-order valence-corrected chi connectivity index (χ3v) is 7.55. The molecule has 5 aromatic rings. The van der Waals surface area contributed by atoms with E-state index in [9.17, 15) is 30.8 Å². The zero-order valence-electron chi connectivity index (χ0n) is 21.0. The molecule has 0 fully saturated rings. The van der Waals surface area contributed by atoms with Crippen LogP contribution in [0.4, 0.5) is 29.2 Å². The first kappa shape index (κ1) is 26.6. The molecule has 3 aromatic heterocycles. The normalized spacial score (nSPS) is 15.7. The van der Waals surface area contributed by atoms with Crippen LogP contribution in [0.2, 0.25) is 0 Å². The fourth-order valence-electron chi connectivity index (χ4n) is 4.87. The number of hydrogen-bond donors (Lipinski definition) is 2. The van der Waals surface area contributed by atoms with Gasteiger partial charge < -0.3 is 10.1 Å². The summed E-state index contributed by atoms with van der Waals surface area (Å²) < 4.78 is 86.3. The number of imidazole rings is 1. The van der Waals surface area contributed by atoms with E-state index in [1.54, 1.807) is 24.3 Å².